The number of hydrogen-bond donors (Lipinski definition) is 2. The van der Waals surface area contributed by atoms with Crippen molar-refractivity contribution in [2.24, 2.45) is 5.73 Å². The second-order valence-corrected chi connectivity index (χ2v) is 6.97. The van der Waals surface area contributed by atoms with Gasteiger partial charge in [0.2, 0.25) is 0 Å². The number of anilines is 1. The topological polar surface area (TPSA) is 102 Å². The van der Waals surface area contributed by atoms with Gasteiger partial charge in [0.15, 0.2) is 0 Å². The van der Waals surface area contributed by atoms with Crippen molar-refractivity contribution < 1.29 is 19.1 Å². The monoisotopic (exact) mass is 395 g/mol. The molecule has 1 aliphatic rings. The fourth-order valence-corrected chi connectivity index (χ4v) is 3.45. The Kier molecular flexibility index (Phi) is 6.61. The van der Waals surface area contributed by atoms with Gasteiger partial charge in [-0.2, -0.15) is 0 Å². The third-order valence-corrected chi connectivity index (χ3v) is 5.06. The van der Waals surface area contributed by atoms with Gasteiger partial charge in [-0.15, -0.1) is 0 Å². The summed E-state index contributed by atoms with van der Waals surface area (Å²) in [4.78, 5) is 39.1. The standard InChI is InChI=1S/C22H25N3O4/c1-29-22(28)19-7-2-3-12-25(19)21(27)17-5-4-6-18(13-17)24-20(26)16-10-8-15(14-23)9-11-16/h4-6,8-11,13,19H,2-3,7,12,14,23H2,1H3,(H,24,26). The molecule has 7 nitrogen and oxygen atoms in total. The Bertz CT molecular complexity index is 895. The predicted molar refractivity (Wildman–Crippen MR) is 109 cm³/mol. The van der Waals surface area contributed by atoms with Gasteiger partial charge in [-0.1, -0.05) is 18.2 Å². The van der Waals surface area contributed by atoms with Crippen molar-refractivity contribution in [2.45, 2.75) is 31.8 Å². The third-order valence-electron chi connectivity index (χ3n) is 5.06. The molecule has 0 aliphatic carbocycles. The smallest absolute Gasteiger partial charge is 0.328 e. The highest BCUT2D eigenvalue weighted by Gasteiger charge is 2.33. The van der Waals surface area contributed by atoms with Crippen molar-refractivity contribution in [3.63, 3.8) is 0 Å². The van der Waals surface area contributed by atoms with Crippen LogP contribution in [0.1, 0.15) is 45.5 Å². The van der Waals surface area contributed by atoms with Gasteiger partial charge in [0.05, 0.1) is 7.11 Å². The van der Waals surface area contributed by atoms with Gasteiger partial charge >= 0.3 is 5.97 Å². The van der Waals surface area contributed by atoms with Gasteiger partial charge in [0, 0.05) is 29.9 Å². The zero-order chi connectivity index (χ0) is 20.8. The molecule has 0 aromatic heterocycles. The minimum absolute atomic E-state index is 0.247. The molecule has 29 heavy (non-hydrogen) atoms. The maximum absolute atomic E-state index is 13.0. The highest BCUT2D eigenvalue weighted by atomic mass is 16.5. The summed E-state index contributed by atoms with van der Waals surface area (Å²) in [6.45, 7) is 0.914. The Morgan fingerprint density at radius 2 is 1.86 bits per heavy atom. The Morgan fingerprint density at radius 1 is 1.10 bits per heavy atom. The summed E-state index contributed by atoms with van der Waals surface area (Å²) >= 11 is 0. The molecule has 2 aromatic rings. The second-order valence-electron chi connectivity index (χ2n) is 6.97. The number of nitrogens with zero attached hydrogens (tertiary/aromatic N) is 1. The van der Waals surface area contributed by atoms with E-state index in [1.54, 1.807) is 53.4 Å². The lowest BCUT2D eigenvalue weighted by Crippen LogP contribution is -2.48. The van der Waals surface area contributed by atoms with Gasteiger partial charge < -0.3 is 20.7 Å². The lowest BCUT2D eigenvalue weighted by molar-refractivity contribution is -0.147. The molecule has 1 atom stereocenters. The van der Waals surface area contributed by atoms with Crippen molar-refractivity contribution in [2.75, 3.05) is 19.0 Å². The summed E-state index contributed by atoms with van der Waals surface area (Å²) in [7, 11) is 1.33. The van der Waals surface area contributed by atoms with Crippen LogP contribution in [-0.2, 0) is 16.1 Å². The Balaban J connectivity index is 1.75. The van der Waals surface area contributed by atoms with E-state index in [9.17, 15) is 14.4 Å². The van der Waals surface area contributed by atoms with Crippen molar-refractivity contribution in [1.29, 1.82) is 0 Å². The number of ether oxygens (including phenoxy) is 1. The number of carbonyl (C=O) groups excluding carboxylic acids is 3. The van der Waals surface area contributed by atoms with Crippen LogP contribution in [-0.4, -0.2) is 42.4 Å². The van der Waals surface area contributed by atoms with E-state index in [-0.39, 0.29) is 11.8 Å². The molecule has 1 saturated heterocycles. The molecule has 0 saturated carbocycles. The van der Waals surface area contributed by atoms with Gasteiger partial charge in [-0.25, -0.2) is 4.79 Å². The molecule has 3 N–H and O–H groups in total. The molecule has 152 valence electrons. The summed E-state index contributed by atoms with van der Waals surface area (Å²) in [6, 6.07) is 13.2. The van der Waals surface area contributed by atoms with Gasteiger partial charge in [0.25, 0.3) is 11.8 Å². The molecule has 2 amide bonds. The van der Waals surface area contributed by atoms with Crippen LogP contribution in [0.15, 0.2) is 48.5 Å². The molecule has 1 aliphatic heterocycles. The van der Waals surface area contributed by atoms with E-state index in [2.05, 4.69) is 5.32 Å². The number of rotatable bonds is 5. The largest absolute Gasteiger partial charge is 0.467 e. The lowest BCUT2D eigenvalue weighted by Gasteiger charge is -2.33. The summed E-state index contributed by atoms with van der Waals surface area (Å²) < 4.78 is 4.85. The van der Waals surface area contributed by atoms with E-state index in [1.807, 2.05) is 0 Å². The van der Waals surface area contributed by atoms with Gasteiger partial charge in [0.1, 0.15) is 6.04 Å². The molecule has 1 fully saturated rings. The number of benzene rings is 2. The molecular weight excluding hydrogens is 370 g/mol. The molecule has 1 unspecified atom stereocenters. The average molecular weight is 395 g/mol. The highest BCUT2D eigenvalue weighted by Crippen LogP contribution is 2.22. The number of likely N-dealkylation sites (tertiary alicyclic amines) is 1. The number of piperidine rings is 1. The van der Waals surface area contributed by atoms with Crippen molar-refractivity contribution in [1.82, 2.24) is 4.90 Å². The number of amides is 2. The number of esters is 1. The predicted octanol–water partition coefficient (Wildman–Crippen LogP) is 2.57. The molecule has 1 heterocycles. The molecule has 0 bridgehead atoms. The number of hydrogen-bond acceptors (Lipinski definition) is 5. The van der Waals surface area contributed by atoms with Crippen LogP contribution in [0.2, 0.25) is 0 Å². The average Bonchev–Trinajstić information content (AvgIpc) is 2.78. The quantitative estimate of drug-likeness (QED) is 0.758. The molecule has 2 aromatic carbocycles. The summed E-state index contributed by atoms with van der Waals surface area (Å²) in [5.74, 6) is -0.921. The van der Waals surface area contributed by atoms with Crippen LogP contribution in [0.5, 0.6) is 0 Å². The Labute approximate surface area is 169 Å². The van der Waals surface area contributed by atoms with Gasteiger partial charge in [-0.05, 0) is 55.2 Å². The second kappa shape index (κ2) is 9.34. The van der Waals surface area contributed by atoms with E-state index in [4.69, 9.17) is 10.5 Å². The third kappa shape index (κ3) is 4.81. The van der Waals surface area contributed by atoms with Gasteiger partial charge in [-0.3, -0.25) is 9.59 Å². The van der Waals surface area contributed by atoms with Crippen LogP contribution in [0.3, 0.4) is 0 Å². The van der Waals surface area contributed by atoms with Crippen LogP contribution in [0.25, 0.3) is 0 Å². The summed E-state index contributed by atoms with van der Waals surface area (Å²) in [6.07, 6.45) is 2.31. The number of methoxy groups -OCH3 is 1. The van der Waals surface area contributed by atoms with E-state index in [1.165, 1.54) is 7.11 Å². The van der Waals surface area contributed by atoms with Crippen LogP contribution in [0.4, 0.5) is 5.69 Å². The summed E-state index contributed by atoms with van der Waals surface area (Å²) in [5.41, 5.74) is 7.94. The molecule has 0 radical (unpaired) electrons. The highest BCUT2D eigenvalue weighted by molar-refractivity contribution is 6.05. The first kappa shape index (κ1) is 20.5. The van der Waals surface area contributed by atoms with Crippen LogP contribution >= 0.6 is 0 Å². The van der Waals surface area contributed by atoms with Crippen LogP contribution < -0.4 is 11.1 Å². The fraction of sp³-hybridized carbons (Fsp3) is 0.318. The van der Waals surface area contributed by atoms with E-state index in [0.717, 1.165) is 18.4 Å². The maximum atomic E-state index is 13.0. The first-order chi connectivity index (χ1) is 14.0. The van der Waals surface area contributed by atoms with Crippen molar-refractivity contribution >= 4 is 23.5 Å². The number of nitrogens with two attached hydrogens (primary N) is 1. The lowest BCUT2D eigenvalue weighted by atomic mass is 10.0. The minimum atomic E-state index is -0.569. The zero-order valence-electron chi connectivity index (χ0n) is 16.4. The fourth-order valence-electron chi connectivity index (χ4n) is 3.45. The minimum Gasteiger partial charge on any atom is -0.467 e. The Morgan fingerprint density at radius 3 is 2.55 bits per heavy atom. The molecule has 3 rings (SSSR count). The molecule has 7 heteroatoms. The Hall–Kier alpha value is -3.19. The van der Waals surface area contributed by atoms with E-state index in [0.29, 0.717) is 36.3 Å². The normalized spacial score (nSPS) is 16.2. The zero-order valence-corrected chi connectivity index (χ0v) is 16.4. The first-order valence-corrected chi connectivity index (χ1v) is 9.62. The first-order valence-electron chi connectivity index (χ1n) is 9.62. The van der Waals surface area contributed by atoms with Crippen molar-refractivity contribution in [3.8, 4) is 0 Å². The number of nitrogens with one attached hydrogen (secondary N) is 1. The molecular formula is C22H25N3O4. The van der Waals surface area contributed by atoms with Crippen molar-refractivity contribution in [3.05, 3.63) is 65.2 Å². The van der Waals surface area contributed by atoms with E-state index < -0.39 is 12.0 Å². The van der Waals surface area contributed by atoms with E-state index >= 15 is 0 Å². The molecule has 0 spiro atoms. The number of carbonyl (C=O) groups is 3. The van der Waals surface area contributed by atoms with Crippen LogP contribution in [0, 0.1) is 0 Å². The SMILES string of the molecule is COC(=O)C1CCCCN1C(=O)c1cccc(NC(=O)c2ccc(CN)cc2)c1. The maximum Gasteiger partial charge on any atom is 0.328 e. The summed E-state index contributed by atoms with van der Waals surface area (Å²) in [5, 5.41) is 2.81.